The number of carboxylic acid groups (broad SMARTS) is 1. The lowest BCUT2D eigenvalue weighted by Gasteiger charge is -2.12. The van der Waals surface area contributed by atoms with E-state index in [9.17, 15) is 13.2 Å². The van der Waals surface area contributed by atoms with Crippen LogP contribution < -0.4 is 4.74 Å². The molecule has 0 radical (unpaired) electrons. The van der Waals surface area contributed by atoms with Crippen molar-refractivity contribution in [3.05, 3.63) is 88.2 Å². The minimum atomic E-state index is -3.83. The summed E-state index contributed by atoms with van der Waals surface area (Å²) in [7, 11) is -3.83. The van der Waals surface area contributed by atoms with Crippen molar-refractivity contribution in [1.29, 1.82) is 0 Å². The molecule has 0 aliphatic rings. The number of hydrogen-bond acceptors (Lipinski definition) is 5. The van der Waals surface area contributed by atoms with Crippen LogP contribution in [0.3, 0.4) is 0 Å². The number of aromatic nitrogens is 2. The van der Waals surface area contributed by atoms with Gasteiger partial charge in [0.25, 0.3) is 10.0 Å². The number of nitrogens with zero attached hydrogens (tertiary/aromatic N) is 2. The average molecular weight is 515 g/mol. The first-order valence-corrected chi connectivity index (χ1v) is 11.9. The molecular weight excluding hydrogens is 496 g/mol. The summed E-state index contributed by atoms with van der Waals surface area (Å²) in [5.74, 6) is -0.516. The summed E-state index contributed by atoms with van der Waals surface area (Å²) in [6.07, 6.45) is 1.31. The van der Waals surface area contributed by atoms with Crippen molar-refractivity contribution >= 4 is 43.0 Å². The Balaban J connectivity index is 1.69. The van der Waals surface area contributed by atoms with Gasteiger partial charge in [-0.3, -0.25) is 4.79 Å². The molecular formula is C23H19BrN2O5S. The molecule has 9 heteroatoms. The number of halogens is 1. The lowest BCUT2D eigenvalue weighted by atomic mass is 10.1. The predicted octanol–water partition coefficient (Wildman–Crippen LogP) is 4.55. The molecule has 2 aromatic heterocycles. The molecule has 2 heterocycles. The number of carboxylic acids is 1. The van der Waals surface area contributed by atoms with Gasteiger partial charge in [0.15, 0.2) is 5.65 Å². The summed E-state index contributed by atoms with van der Waals surface area (Å²) in [6, 6.07) is 16.9. The number of rotatable bonds is 7. The van der Waals surface area contributed by atoms with Gasteiger partial charge in [0.2, 0.25) is 0 Å². The maximum absolute atomic E-state index is 13.2. The molecule has 7 nitrogen and oxygen atoms in total. The highest BCUT2D eigenvalue weighted by Crippen LogP contribution is 2.28. The molecule has 2 aromatic carbocycles. The molecule has 0 fully saturated rings. The molecule has 4 aromatic rings. The van der Waals surface area contributed by atoms with Crippen molar-refractivity contribution in [3.63, 3.8) is 0 Å². The van der Waals surface area contributed by atoms with Gasteiger partial charge in [-0.25, -0.2) is 17.4 Å². The van der Waals surface area contributed by atoms with Crippen LogP contribution in [0.25, 0.3) is 11.0 Å². The van der Waals surface area contributed by atoms with Crippen LogP contribution in [0.4, 0.5) is 0 Å². The molecule has 1 N–H and O–H groups in total. The lowest BCUT2D eigenvalue weighted by molar-refractivity contribution is -0.136. The predicted molar refractivity (Wildman–Crippen MR) is 123 cm³/mol. The number of hydrogen-bond donors (Lipinski definition) is 1. The van der Waals surface area contributed by atoms with Crippen LogP contribution in [-0.2, 0) is 27.8 Å². The molecule has 0 spiro atoms. The van der Waals surface area contributed by atoms with Crippen molar-refractivity contribution < 1.29 is 23.1 Å². The van der Waals surface area contributed by atoms with Gasteiger partial charge in [0.1, 0.15) is 12.4 Å². The van der Waals surface area contributed by atoms with E-state index in [2.05, 4.69) is 20.9 Å². The van der Waals surface area contributed by atoms with Gasteiger partial charge in [0, 0.05) is 21.6 Å². The molecule has 4 rings (SSSR count). The molecule has 0 atom stereocenters. The normalized spacial score (nSPS) is 11.6. The fourth-order valence-electron chi connectivity index (χ4n) is 3.29. The maximum atomic E-state index is 13.2. The largest absolute Gasteiger partial charge is 0.487 e. The van der Waals surface area contributed by atoms with Crippen LogP contribution in [0, 0.1) is 6.92 Å². The summed E-state index contributed by atoms with van der Waals surface area (Å²) in [4.78, 5) is 15.8. The first-order valence-electron chi connectivity index (χ1n) is 9.67. The van der Waals surface area contributed by atoms with Crippen molar-refractivity contribution in [1.82, 2.24) is 8.96 Å². The Hall–Kier alpha value is -3.17. The maximum Gasteiger partial charge on any atom is 0.307 e. The van der Waals surface area contributed by atoms with Gasteiger partial charge in [-0.15, -0.1) is 0 Å². The summed E-state index contributed by atoms with van der Waals surface area (Å²) in [5.41, 5.74) is 2.28. The Bertz CT molecular complexity index is 1410. The van der Waals surface area contributed by atoms with E-state index < -0.39 is 16.0 Å². The van der Waals surface area contributed by atoms with E-state index in [-0.39, 0.29) is 23.6 Å². The third kappa shape index (κ3) is 4.39. The summed E-state index contributed by atoms with van der Waals surface area (Å²) < 4.78 is 34.0. The molecule has 164 valence electrons. The van der Waals surface area contributed by atoms with Crippen LogP contribution in [0.15, 0.2) is 76.2 Å². The van der Waals surface area contributed by atoms with Gasteiger partial charge >= 0.3 is 5.97 Å². The number of benzene rings is 2. The minimum Gasteiger partial charge on any atom is -0.487 e. The Morgan fingerprint density at radius 1 is 1.12 bits per heavy atom. The van der Waals surface area contributed by atoms with E-state index in [1.54, 1.807) is 60.7 Å². The molecule has 32 heavy (non-hydrogen) atoms. The topological polar surface area (TPSA) is 98.5 Å². The highest BCUT2D eigenvalue weighted by molar-refractivity contribution is 9.10. The summed E-state index contributed by atoms with van der Waals surface area (Å²) >= 11 is 3.49. The minimum absolute atomic E-state index is 0.0426. The number of fused-ring (bicyclic) bond motifs is 1. The van der Waals surface area contributed by atoms with E-state index in [0.29, 0.717) is 26.9 Å². The van der Waals surface area contributed by atoms with Gasteiger partial charge < -0.3 is 9.84 Å². The van der Waals surface area contributed by atoms with Gasteiger partial charge in [-0.2, -0.15) is 0 Å². The van der Waals surface area contributed by atoms with Gasteiger partial charge in [-0.05, 0) is 53.2 Å². The van der Waals surface area contributed by atoms with Crippen LogP contribution in [0.1, 0.15) is 16.8 Å². The molecule has 0 saturated heterocycles. The number of ether oxygens (including phenoxy) is 1. The Kier molecular flexibility index (Phi) is 6.03. The third-order valence-corrected chi connectivity index (χ3v) is 7.23. The van der Waals surface area contributed by atoms with Gasteiger partial charge in [0.05, 0.1) is 17.0 Å². The number of carbonyl (C=O) groups is 1. The van der Waals surface area contributed by atoms with Crippen LogP contribution >= 0.6 is 15.9 Å². The second kappa shape index (κ2) is 8.76. The molecule has 0 aliphatic heterocycles. The highest BCUT2D eigenvalue weighted by Gasteiger charge is 2.21. The van der Waals surface area contributed by atoms with E-state index in [0.717, 1.165) is 9.54 Å². The molecule has 0 unspecified atom stereocenters. The van der Waals surface area contributed by atoms with Crippen LogP contribution in [0.2, 0.25) is 0 Å². The zero-order chi connectivity index (χ0) is 22.9. The first-order chi connectivity index (χ1) is 15.3. The van der Waals surface area contributed by atoms with E-state index in [4.69, 9.17) is 9.84 Å². The Morgan fingerprint density at radius 2 is 1.84 bits per heavy atom. The molecule has 0 saturated carbocycles. The Morgan fingerprint density at radius 3 is 2.56 bits per heavy atom. The van der Waals surface area contributed by atoms with E-state index in [1.807, 2.05) is 6.92 Å². The number of para-hydroxylation sites is 1. The second-order valence-electron chi connectivity index (χ2n) is 7.23. The van der Waals surface area contributed by atoms with Crippen molar-refractivity contribution in [2.45, 2.75) is 24.8 Å². The summed E-state index contributed by atoms with van der Waals surface area (Å²) in [5, 5.41) is 9.74. The number of pyridine rings is 1. The van der Waals surface area contributed by atoms with E-state index in [1.165, 1.54) is 6.20 Å². The fourth-order valence-corrected chi connectivity index (χ4v) is 5.16. The molecule has 0 aliphatic carbocycles. The lowest BCUT2D eigenvalue weighted by Crippen LogP contribution is -2.13. The number of aliphatic carboxylic acids is 1. The quantitative estimate of drug-likeness (QED) is 0.388. The van der Waals surface area contributed by atoms with Crippen molar-refractivity contribution in [3.8, 4) is 5.75 Å². The first kappa shape index (κ1) is 22.0. The number of aryl methyl sites for hydroxylation is 1. The third-order valence-electron chi connectivity index (χ3n) is 4.89. The summed E-state index contributed by atoms with van der Waals surface area (Å²) in [6.45, 7) is 1.93. The second-order valence-corrected chi connectivity index (χ2v) is 9.90. The highest BCUT2D eigenvalue weighted by atomic mass is 79.9. The molecule has 0 bridgehead atoms. The van der Waals surface area contributed by atoms with Crippen molar-refractivity contribution in [2.75, 3.05) is 0 Å². The average Bonchev–Trinajstić information content (AvgIpc) is 3.18. The zero-order valence-corrected chi connectivity index (χ0v) is 19.4. The fraction of sp³-hybridized carbons (Fsp3) is 0.130. The van der Waals surface area contributed by atoms with Crippen LogP contribution in [-0.4, -0.2) is 28.5 Å². The monoisotopic (exact) mass is 514 g/mol. The smallest absolute Gasteiger partial charge is 0.307 e. The van der Waals surface area contributed by atoms with E-state index >= 15 is 0 Å². The standard InChI is InChI=1S/C23H19BrN2O5S/c1-15-6-8-18(9-7-15)32(29,30)26-11-10-19-20(24)13-17(25-23(19)26)14-31-21-5-3-2-4-16(21)12-22(27)28/h2-11,13H,12,14H2,1H3,(H,27,28). The van der Waals surface area contributed by atoms with Crippen LogP contribution in [0.5, 0.6) is 5.75 Å². The Labute approximate surface area is 193 Å². The zero-order valence-electron chi connectivity index (χ0n) is 17.0. The van der Waals surface area contributed by atoms with Crippen molar-refractivity contribution in [2.24, 2.45) is 0 Å². The SMILES string of the molecule is Cc1ccc(S(=O)(=O)n2ccc3c(Br)cc(COc4ccccc4CC(=O)O)nc32)cc1. The van der Waals surface area contributed by atoms with Gasteiger partial charge in [-0.1, -0.05) is 35.9 Å². The molecule has 0 amide bonds.